The van der Waals surface area contributed by atoms with Crippen LogP contribution in [0.3, 0.4) is 0 Å². The van der Waals surface area contributed by atoms with E-state index in [-0.39, 0.29) is 17.4 Å². The quantitative estimate of drug-likeness (QED) is 0.0868. The summed E-state index contributed by atoms with van der Waals surface area (Å²) in [6.07, 6.45) is 13.2. The fourth-order valence-electron chi connectivity index (χ4n) is 3.66. The first-order valence-electron chi connectivity index (χ1n) is 13.3. The Morgan fingerprint density at radius 3 is 0.878 bits per heavy atom. The summed E-state index contributed by atoms with van der Waals surface area (Å²) in [6.45, 7) is 24.9. The standard InChI is InChI=1S/C18H15As.C12H27P.4CO.Cr/c1-4-10-16(11-5-1)19(17-12-6-2-7-13-17)18-14-8-3-9-15-18;1-4-7-10-13(11-8-5-2)12-9-6-3;4*1-2;/h1-15H;4-12H2,1-3H3;;;;;. The normalized spacial score (nSPS) is 8.61. The molecule has 0 N–H and O–H groups in total. The van der Waals surface area contributed by atoms with Gasteiger partial charge in [-0.15, -0.1) is 7.92 Å². The average molecular weight is 673 g/mol. The Labute approximate surface area is 265 Å². The summed E-state index contributed by atoms with van der Waals surface area (Å²) in [5.41, 5.74) is 0. The van der Waals surface area contributed by atoms with E-state index < -0.39 is 14.7 Å². The number of hydrogen-bond donors (Lipinski definition) is 0. The van der Waals surface area contributed by atoms with E-state index in [0.29, 0.717) is 7.92 Å². The fraction of sp³-hybridized carbons (Fsp3) is 0.353. The number of hydrogen-bond acceptors (Lipinski definition) is 0. The number of benzene rings is 3. The van der Waals surface area contributed by atoms with Crippen LogP contribution < -0.4 is 13.1 Å². The van der Waals surface area contributed by atoms with Gasteiger partial charge in [-0.3, -0.25) is 0 Å². The molecular weight excluding hydrogens is 630 g/mol. The summed E-state index contributed by atoms with van der Waals surface area (Å²) in [4.78, 5) is 0. The predicted molar refractivity (Wildman–Crippen MR) is 166 cm³/mol. The molecule has 0 saturated heterocycles. The van der Waals surface area contributed by atoms with Crippen LogP contribution in [0.5, 0.6) is 0 Å². The van der Waals surface area contributed by atoms with Gasteiger partial charge in [0, 0.05) is 17.4 Å². The van der Waals surface area contributed by atoms with Gasteiger partial charge in [0.15, 0.2) is 0 Å². The molecule has 0 unspecified atom stereocenters. The molecule has 4 nitrogen and oxygen atoms in total. The van der Waals surface area contributed by atoms with E-state index in [1.54, 1.807) is 18.5 Å². The maximum atomic E-state index is 7.50. The Bertz CT molecular complexity index is 859. The van der Waals surface area contributed by atoms with Crippen molar-refractivity contribution in [2.24, 2.45) is 0 Å². The summed E-state index contributed by atoms with van der Waals surface area (Å²) in [6, 6.07) is 32.7. The Morgan fingerprint density at radius 1 is 0.463 bits per heavy atom. The van der Waals surface area contributed by atoms with Crippen molar-refractivity contribution >= 4 is 35.6 Å². The van der Waals surface area contributed by atoms with Gasteiger partial charge in [0.25, 0.3) is 0 Å². The third kappa shape index (κ3) is 23.4. The van der Waals surface area contributed by atoms with Crippen molar-refractivity contribution in [1.82, 2.24) is 0 Å². The second-order valence-electron chi connectivity index (χ2n) is 8.24. The molecule has 0 fully saturated rings. The summed E-state index contributed by atoms with van der Waals surface area (Å²) >= 11 is -1.39. The van der Waals surface area contributed by atoms with Crippen molar-refractivity contribution in [2.75, 3.05) is 18.5 Å². The first-order valence-corrected chi connectivity index (χ1v) is 18.0. The van der Waals surface area contributed by atoms with Gasteiger partial charge in [-0.05, 0) is 37.7 Å². The molecule has 41 heavy (non-hydrogen) atoms. The second kappa shape index (κ2) is 38.1. The van der Waals surface area contributed by atoms with E-state index in [9.17, 15) is 0 Å². The Morgan fingerprint density at radius 2 is 0.683 bits per heavy atom. The zero-order valence-corrected chi connectivity index (χ0v) is 28.5. The predicted octanol–water partition coefficient (Wildman–Crippen LogP) is 6.92. The van der Waals surface area contributed by atoms with Crippen molar-refractivity contribution < 1.29 is 36.0 Å². The minimum atomic E-state index is -1.39. The molecule has 3 aromatic rings. The molecule has 0 atom stereocenters. The van der Waals surface area contributed by atoms with Crippen molar-refractivity contribution in [3.8, 4) is 0 Å². The van der Waals surface area contributed by atoms with E-state index in [1.807, 2.05) is 0 Å². The van der Waals surface area contributed by atoms with Crippen molar-refractivity contribution in [3.05, 3.63) is 118 Å². The molecule has 3 rings (SSSR count). The molecule has 218 valence electrons. The van der Waals surface area contributed by atoms with E-state index in [0.717, 1.165) is 0 Å². The van der Waals surface area contributed by atoms with Gasteiger partial charge in [-0.25, -0.2) is 0 Å². The molecule has 0 aliphatic carbocycles. The van der Waals surface area contributed by atoms with Crippen molar-refractivity contribution in [1.29, 1.82) is 0 Å². The summed E-state index contributed by atoms with van der Waals surface area (Å²) < 4.78 is 34.4. The first-order chi connectivity index (χ1) is 19.8. The number of unbranched alkanes of at least 4 members (excludes halogenated alkanes) is 3. The molecular formula is C34H42AsCrO4P. The fourth-order valence-corrected chi connectivity index (χ4v) is 11.5. The zero-order valence-electron chi connectivity index (χ0n) is 24.5. The molecule has 0 radical (unpaired) electrons. The molecule has 0 heterocycles. The summed E-state index contributed by atoms with van der Waals surface area (Å²) in [5.74, 6) is 0. The molecule has 0 bridgehead atoms. The van der Waals surface area contributed by atoms with Gasteiger partial charge >= 0.3 is 164 Å². The second-order valence-corrected chi connectivity index (χ2v) is 15.6. The van der Waals surface area contributed by atoms with Crippen LogP contribution in [-0.2, 0) is 36.0 Å². The molecule has 0 aromatic heterocycles. The zero-order chi connectivity index (χ0) is 30.9. The third-order valence-corrected chi connectivity index (χ3v) is 13.5. The molecule has 3 aromatic carbocycles. The Kier molecular flexibility index (Phi) is 42.9. The van der Waals surface area contributed by atoms with Crippen LogP contribution in [0.15, 0.2) is 91.0 Å². The SMILES string of the molecule is CCCCP(CCCC)CCCC.[C-]#[O+].[C-]#[O+].[C-]#[O+].[C-]#[O+].[Cr].c1ccc([As](c2ccccc2)c2ccccc2)cc1. The molecule has 0 saturated carbocycles. The van der Waals surface area contributed by atoms with Gasteiger partial charge in [-0.2, -0.15) is 0 Å². The van der Waals surface area contributed by atoms with Crippen LogP contribution in [0, 0.1) is 26.6 Å². The van der Waals surface area contributed by atoms with E-state index in [1.165, 1.54) is 51.6 Å². The Balaban J connectivity index is -0.000000275. The van der Waals surface area contributed by atoms with Crippen LogP contribution >= 0.6 is 7.92 Å². The summed E-state index contributed by atoms with van der Waals surface area (Å²) in [5, 5.41) is 0. The minimum absolute atomic E-state index is 0. The van der Waals surface area contributed by atoms with Crippen LogP contribution in [0.25, 0.3) is 0 Å². The number of rotatable bonds is 12. The van der Waals surface area contributed by atoms with Crippen LogP contribution in [-0.4, -0.2) is 33.1 Å². The van der Waals surface area contributed by atoms with Gasteiger partial charge in [0.1, 0.15) is 0 Å². The topological polar surface area (TPSA) is 79.6 Å². The van der Waals surface area contributed by atoms with Crippen LogP contribution in [0.2, 0.25) is 0 Å². The average Bonchev–Trinajstić information content (AvgIpc) is 3.06. The monoisotopic (exact) mass is 672 g/mol. The van der Waals surface area contributed by atoms with Crippen LogP contribution in [0.1, 0.15) is 59.3 Å². The van der Waals surface area contributed by atoms with Crippen molar-refractivity contribution in [3.63, 3.8) is 0 Å². The van der Waals surface area contributed by atoms with Crippen molar-refractivity contribution in [2.45, 2.75) is 59.3 Å². The first kappa shape index (κ1) is 46.1. The molecule has 0 aliphatic rings. The molecule has 0 spiro atoms. The van der Waals surface area contributed by atoms with E-state index in [4.69, 9.17) is 18.6 Å². The van der Waals surface area contributed by atoms with Gasteiger partial charge in [0.2, 0.25) is 0 Å². The van der Waals surface area contributed by atoms with E-state index in [2.05, 4.69) is 138 Å². The Hall–Kier alpha value is -1.86. The molecule has 0 amide bonds. The summed E-state index contributed by atoms with van der Waals surface area (Å²) in [7, 11) is 0.422. The van der Waals surface area contributed by atoms with Gasteiger partial charge in [0.05, 0.1) is 0 Å². The van der Waals surface area contributed by atoms with Crippen LogP contribution in [0.4, 0.5) is 0 Å². The maximum absolute atomic E-state index is 7.50. The van der Waals surface area contributed by atoms with Gasteiger partial charge in [-0.1, -0.05) is 40.0 Å². The van der Waals surface area contributed by atoms with E-state index >= 15 is 0 Å². The third-order valence-electron chi connectivity index (χ3n) is 5.53. The van der Waals surface area contributed by atoms with Gasteiger partial charge < -0.3 is 0 Å². The molecule has 0 aliphatic heterocycles. The molecule has 7 heteroatoms.